The van der Waals surface area contributed by atoms with Gasteiger partial charge in [-0.1, -0.05) is 41.4 Å². The number of nitrogens with zero attached hydrogens (tertiary/aromatic N) is 3. The van der Waals surface area contributed by atoms with E-state index >= 15 is 0 Å². The van der Waals surface area contributed by atoms with Gasteiger partial charge in [0.2, 0.25) is 5.91 Å². The zero-order chi connectivity index (χ0) is 20.9. The van der Waals surface area contributed by atoms with Crippen molar-refractivity contribution in [1.82, 2.24) is 9.88 Å². The van der Waals surface area contributed by atoms with Gasteiger partial charge in [-0.15, -0.1) is 0 Å². The average Bonchev–Trinajstić information content (AvgIpc) is 2.76. The van der Waals surface area contributed by atoms with Crippen LogP contribution in [0.1, 0.15) is 30.5 Å². The number of halogens is 2. The molecule has 1 N–H and O–H groups in total. The summed E-state index contributed by atoms with van der Waals surface area (Å²) in [5.74, 6) is 0.764. The van der Waals surface area contributed by atoms with Gasteiger partial charge < -0.3 is 10.2 Å². The molecular weight excluding hydrogens is 419 g/mol. The van der Waals surface area contributed by atoms with Crippen LogP contribution >= 0.6 is 23.2 Å². The maximum absolute atomic E-state index is 11.5. The molecule has 30 heavy (non-hydrogen) atoms. The van der Waals surface area contributed by atoms with Crippen LogP contribution in [0.2, 0.25) is 10.0 Å². The van der Waals surface area contributed by atoms with Crippen LogP contribution in [0.15, 0.2) is 36.4 Å². The molecule has 0 saturated carbocycles. The Hall–Kier alpha value is -2.08. The Morgan fingerprint density at radius 3 is 2.73 bits per heavy atom. The lowest BCUT2D eigenvalue weighted by molar-refractivity contribution is -0.116. The third-order valence-electron chi connectivity index (χ3n) is 5.66. The molecule has 4 rings (SSSR count). The van der Waals surface area contributed by atoms with Crippen LogP contribution < -0.4 is 10.2 Å². The number of hydrogen-bond acceptors (Lipinski definition) is 4. The summed E-state index contributed by atoms with van der Waals surface area (Å²) in [4.78, 5) is 20.9. The van der Waals surface area contributed by atoms with Crippen molar-refractivity contribution in [2.75, 3.05) is 42.9 Å². The van der Waals surface area contributed by atoms with Crippen molar-refractivity contribution in [3.8, 4) is 0 Å². The van der Waals surface area contributed by atoms with Crippen LogP contribution in [0, 0.1) is 0 Å². The molecule has 5 nitrogen and oxygen atoms in total. The number of anilines is 2. The van der Waals surface area contributed by atoms with E-state index in [4.69, 9.17) is 23.2 Å². The molecular formula is C23H26Cl2N4O. The highest BCUT2D eigenvalue weighted by atomic mass is 35.5. The monoisotopic (exact) mass is 444 g/mol. The SMILES string of the molecule is O=C1CCc2ccc(C=CCCCN3CCN(c4cccc(Cl)c4Cl)CC3)nc2N1. The summed E-state index contributed by atoms with van der Waals surface area (Å²) in [5, 5.41) is 4.11. The van der Waals surface area contributed by atoms with Gasteiger partial charge in [0.1, 0.15) is 5.82 Å². The third kappa shape index (κ3) is 5.15. The summed E-state index contributed by atoms with van der Waals surface area (Å²) in [6.07, 6.45) is 7.64. The van der Waals surface area contributed by atoms with Crippen LogP contribution in [-0.4, -0.2) is 48.5 Å². The number of benzene rings is 1. The topological polar surface area (TPSA) is 48.5 Å². The molecule has 1 aromatic heterocycles. The van der Waals surface area contributed by atoms with Crippen molar-refractivity contribution in [3.05, 3.63) is 57.7 Å². The number of carbonyl (C=O) groups excluding carboxylic acids is 1. The molecule has 1 aromatic carbocycles. The van der Waals surface area contributed by atoms with Gasteiger partial charge in [-0.3, -0.25) is 9.69 Å². The van der Waals surface area contributed by atoms with Crippen molar-refractivity contribution in [3.63, 3.8) is 0 Å². The van der Waals surface area contributed by atoms with Gasteiger partial charge in [-0.25, -0.2) is 4.98 Å². The van der Waals surface area contributed by atoms with Crippen molar-refractivity contribution in [2.45, 2.75) is 25.7 Å². The summed E-state index contributed by atoms with van der Waals surface area (Å²) in [6, 6.07) is 9.90. The van der Waals surface area contributed by atoms with E-state index in [1.807, 2.05) is 30.3 Å². The van der Waals surface area contributed by atoms with E-state index in [0.717, 1.165) is 68.9 Å². The Kier molecular flexibility index (Phi) is 6.93. The largest absolute Gasteiger partial charge is 0.368 e. The number of nitrogens with one attached hydrogen (secondary N) is 1. The number of allylic oxidation sites excluding steroid dienone is 1. The molecule has 0 bridgehead atoms. The van der Waals surface area contributed by atoms with Crippen molar-refractivity contribution in [1.29, 1.82) is 0 Å². The minimum absolute atomic E-state index is 0.0499. The summed E-state index contributed by atoms with van der Waals surface area (Å²) in [6.45, 7) is 5.05. The molecule has 158 valence electrons. The van der Waals surface area contributed by atoms with Gasteiger partial charge in [0.05, 0.1) is 21.4 Å². The number of carbonyl (C=O) groups is 1. The fraction of sp³-hybridized carbons (Fsp3) is 0.391. The maximum atomic E-state index is 11.5. The predicted molar refractivity (Wildman–Crippen MR) is 125 cm³/mol. The van der Waals surface area contributed by atoms with Gasteiger partial charge in [-0.2, -0.15) is 0 Å². The molecule has 2 aromatic rings. The lowest BCUT2D eigenvalue weighted by atomic mass is 10.1. The Labute approximate surface area is 187 Å². The minimum atomic E-state index is 0.0499. The Morgan fingerprint density at radius 1 is 1.07 bits per heavy atom. The summed E-state index contributed by atoms with van der Waals surface area (Å²) in [5.41, 5.74) is 3.04. The van der Waals surface area contributed by atoms with Crippen molar-refractivity contribution >= 4 is 46.7 Å². The fourth-order valence-corrected chi connectivity index (χ4v) is 4.35. The highest BCUT2D eigenvalue weighted by Crippen LogP contribution is 2.32. The van der Waals surface area contributed by atoms with Gasteiger partial charge in [-0.05, 0) is 55.6 Å². The normalized spacial score (nSPS) is 17.3. The predicted octanol–water partition coefficient (Wildman–Crippen LogP) is 4.89. The number of piperazine rings is 1. The van der Waals surface area contributed by atoms with E-state index in [0.29, 0.717) is 22.3 Å². The second-order valence-corrected chi connectivity index (χ2v) is 8.52. The number of unbranched alkanes of at least 4 members (excludes halogenated alkanes) is 1. The number of aromatic nitrogens is 1. The van der Waals surface area contributed by atoms with Crippen LogP contribution in [0.25, 0.3) is 6.08 Å². The number of amides is 1. The molecule has 1 amide bonds. The Balaban J connectivity index is 1.20. The van der Waals surface area contributed by atoms with E-state index in [1.54, 1.807) is 0 Å². The number of pyridine rings is 1. The molecule has 1 saturated heterocycles. The molecule has 2 aliphatic rings. The molecule has 2 aliphatic heterocycles. The maximum Gasteiger partial charge on any atom is 0.225 e. The average molecular weight is 445 g/mol. The highest BCUT2D eigenvalue weighted by Gasteiger charge is 2.19. The molecule has 0 aliphatic carbocycles. The third-order valence-corrected chi connectivity index (χ3v) is 6.47. The molecule has 1 fully saturated rings. The highest BCUT2D eigenvalue weighted by molar-refractivity contribution is 6.43. The molecule has 0 radical (unpaired) electrons. The number of aryl methyl sites for hydroxylation is 1. The van der Waals surface area contributed by atoms with E-state index in [1.165, 1.54) is 0 Å². The van der Waals surface area contributed by atoms with Crippen molar-refractivity contribution < 1.29 is 4.79 Å². The molecule has 0 unspecified atom stereocenters. The minimum Gasteiger partial charge on any atom is -0.368 e. The molecule has 7 heteroatoms. The number of rotatable bonds is 6. The van der Waals surface area contributed by atoms with E-state index in [-0.39, 0.29) is 5.91 Å². The van der Waals surface area contributed by atoms with Gasteiger partial charge >= 0.3 is 0 Å². The van der Waals surface area contributed by atoms with Gasteiger partial charge in [0, 0.05) is 32.6 Å². The summed E-state index contributed by atoms with van der Waals surface area (Å²) in [7, 11) is 0. The molecule has 3 heterocycles. The summed E-state index contributed by atoms with van der Waals surface area (Å²) < 4.78 is 0. The van der Waals surface area contributed by atoms with Crippen LogP contribution in [-0.2, 0) is 11.2 Å². The Morgan fingerprint density at radius 2 is 1.90 bits per heavy atom. The van der Waals surface area contributed by atoms with Gasteiger partial charge in [0.15, 0.2) is 0 Å². The van der Waals surface area contributed by atoms with Crippen LogP contribution in [0.3, 0.4) is 0 Å². The fourth-order valence-electron chi connectivity index (χ4n) is 3.93. The lowest BCUT2D eigenvalue weighted by Crippen LogP contribution is -2.46. The second-order valence-electron chi connectivity index (χ2n) is 7.74. The van der Waals surface area contributed by atoms with Crippen molar-refractivity contribution in [2.24, 2.45) is 0 Å². The zero-order valence-corrected chi connectivity index (χ0v) is 18.4. The standard InChI is InChI=1S/C23H26Cl2N4O/c24-19-6-4-7-20(22(19)25)29-15-13-28(14-16-29)12-3-1-2-5-18-10-8-17-9-11-21(30)27-23(17)26-18/h2,4-8,10H,1,3,9,11-16H2,(H,26,27,30). The second kappa shape index (κ2) is 9.82. The number of fused-ring (bicyclic) bond motifs is 1. The first-order chi connectivity index (χ1) is 14.6. The smallest absolute Gasteiger partial charge is 0.225 e. The lowest BCUT2D eigenvalue weighted by Gasteiger charge is -2.36. The first-order valence-electron chi connectivity index (χ1n) is 10.5. The first-order valence-corrected chi connectivity index (χ1v) is 11.2. The van der Waals surface area contributed by atoms with E-state index < -0.39 is 0 Å². The summed E-state index contributed by atoms with van der Waals surface area (Å²) >= 11 is 12.5. The van der Waals surface area contributed by atoms with E-state index in [9.17, 15) is 4.79 Å². The van der Waals surface area contributed by atoms with Crippen LogP contribution in [0.4, 0.5) is 11.5 Å². The molecule has 0 spiro atoms. The quantitative estimate of drug-likeness (QED) is 0.644. The first kappa shape index (κ1) is 21.2. The van der Waals surface area contributed by atoms with Gasteiger partial charge in [0.25, 0.3) is 0 Å². The van der Waals surface area contributed by atoms with E-state index in [2.05, 4.69) is 32.2 Å². The van der Waals surface area contributed by atoms with Crippen LogP contribution in [0.5, 0.6) is 0 Å². The zero-order valence-electron chi connectivity index (χ0n) is 16.9. The molecule has 0 atom stereocenters. The number of hydrogen-bond donors (Lipinski definition) is 1. The Bertz CT molecular complexity index is 939.